The maximum atomic E-state index is 2.47. The average Bonchev–Trinajstić information content (AvgIpc) is 3.72. The van der Waals surface area contributed by atoms with Gasteiger partial charge < -0.3 is 4.90 Å². The molecule has 0 fully saturated rings. The zero-order chi connectivity index (χ0) is 45.3. The molecule has 320 valence electrons. The number of nitrogens with zero attached hydrogens (tertiary/aromatic N) is 1. The van der Waals surface area contributed by atoms with E-state index in [9.17, 15) is 0 Å². The van der Waals surface area contributed by atoms with Gasteiger partial charge in [-0.05, 0) is 114 Å². The highest BCUT2D eigenvalue weighted by Gasteiger charge is 2.46. The van der Waals surface area contributed by atoms with Gasteiger partial charge in [0.15, 0.2) is 0 Å². The molecule has 0 bridgehead atoms. The Balaban J connectivity index is 1.07. The fourth-order valence-electron chi connectivity index (χ4n) is 10.8. The highest BCUT2D eigenvalue weighted by atomic mass is 15.1. The van der Waals surface area contributed by atoms with Crippen molar-refractivity contribution in [3.8, 4) is 66.8 Å². The molecule has 1 aliphatic rings. The van der Waals surface area contributed by atoms with E-state index in [4.69, 9.17) is 0 Å². The predicted octanol–water partition coefficient (Wildman–Crippen LogP) is 17.9. The number of anilines is 3. The van der Waals surface area contributed by atoms with Crippen molar-refractivity contribution >= 4 is 17.1 Å². The van der Waals surface area contributed by atoms with Crippen molar-refractivity contribution in [1.29, 1.82) is 0 Å². The number of hydrogen-bond acceptors (Lipinski definition) is 1. The third-order valence-electron chi connectivity index (χ3n) is 13.8. The summed E-state index contributed by atoms with van der Waals surface area (Å²) in [6, 6.07) is 104. The monoisotopic (exact) mass is 865 g/mol. The van der Waals surface area contributed by atoms with Crippen LogP contribution < -0.4 is 4.90 Å². The number of para-hydroxylation sites is 1. The largest absolute Gasteiger partial charge is 0.310 e. The fraction of sp³-hybridized carbons (Fsp3) is 0.0149. The molecule has 1 heteroatoms. The van der Waals surface area contributed by atoms with Gasteiger partial charge in [-0.1, -0.05) is 255 Å². The molecule has 0 N–H and O–H groups in total. The molecule has 0 heterocycles. The summed E-state index contributed by atoms with van der Waals surface area (Å²) in [7, 11) is 0. The number of hydrogen-bond donors (Lipinski definition) is 0. The molecular formula is C67H47N. The minimum absolute atomic E-state index is 0.533. The maximum absolute atomic E-state index is 2.47. The van der Waals surface area contributed by atoms with Crippen molar-refractivity contribution in [3.63, 3.8) is 0 Å². The third kappa shape index (κ3) is 6.96. The SMILES string of the molecule is c1ccc(-c2ccccc2-c2c(-c3ccccc3)cccc2-c2ccc(N(c3ccc4c(c3)C(c3ccccc3)(c3ccccc3)c3ccccc3-4)c3ccccc3-c3ccccc3)cc2)cc1. The van der Waals surface area contributed by atoms with Crippen LogP contribution >= 0.6 is 0 Å². The smallest absolute Gasteiger partial charge is 0.0714 e. The van der Waals surface area contributed by atoms with Gasteiger partial charge in [0.2, 0.25) is 0 Å². The van der Waals surface area contributed by atoms with E-state index in [0.717, 1.165) is 28.2 Å². The standard InChI is InChI=1S/C67H47N/c1-6-23-48(24-7-1)56-33-16-17-36-62(56)66-58(50-27-10-3-11-28-50)37-22-38-59(66)51-41-43-54(44-42-51)68(65-40-21-19-34-57(65)49-25-8-2-9-26-49)55-45-46-61-60-35-18-20-39-63(60)67(64(61)47-55,52-29-12-4-13-30-52)53-31-14-5-15-32-53/h1-47H. The maximum Gasteiger partial charge on any atom is 0.0714 e. The number of rotatable bonds is 10. The summed E-state index contributed by atoms with van der Waals surface area (Å²) in [5, 5.41) is 0. The van der Waals surface area contributed by atoms with Crippen LogP contribution in [0.4, 0.5) is 17.1 Å². The van der Waals surface area contributed by atoms with Gasteiger partial charge in [0.1, 0.15) is 0 Å². The second kappa shape index (κ2) is 17.5. The molecular weight excluding hydrogens is 819 g/mol. The summed E-state index contributed by atoms with van der Waals surface area (Å²) in [5.41, 5.74) is 22.2. The van der Waals surface area contributed by atoms with Crippen molar-refractivity contribution in [2.75, 3.05) is 4.90 Å². The van der Waals surface area contributed by atoms with Gasteiger partial charge in [-0.2, -0.15) is 0 Å². The first kappa shape index (κ1) is 40.7. The lowest BCUT2D eigenvalue weighted by atomic mass is 9.67. The summed E-state index contributed by atoms with van der Waals surface area (Å²) in [5.74, 6) is 0. The lowest BCUT2D eigenvalue weighted by molar-refractivity contribution is 0.768. The van der Waals surface area contributed by atoms with Crippen LogP contribution in [0.1, 0.15) is 22.3 Å². The summed E-state index contributed by atoms with van der Waals surface area (Å²) in [4.78, 5) is 2.46. The summed E-state index contributed by atoms with van der Waals surface area (Å²) >= 11 is 0. The number of fused-ring (bicyclic) bond motifs is 3. The number of benzene rings is 11. The van der Waals surface area contributed by atoms with Crippen LogP contribution in [0.25, 0.3) is 66.8 Å². The molecule has 0 aromatic heterocycles. The topological polar surface area (TPSA) is 3.24 Å². The molecule has 11 aromatic rings. The normalized spacial score (nSPS) is 12.2. The Morgan fingerprint density at radius 2 is 0.632 bits per heavy atom. The van der Waals surface area contributed by atoms with E-state index in [0.29, 0.717) is 0 Å². The van der Waals surface area contributed by atoms with Gasteiger partial charge in [-0.3, -0.25) is 0 Å². The molecule has 0 aliphatic heterocycles. The van der Waals surface area contributed by atoms with Crippen LogP contribution in [0, 0.1) is 0 Å². The first-order valence-corrected chi connectivity index (χ1v) is 23.5. The molecule has 11 aromatic carbocycles. The van der Waals surface area contributed by atoms with Crippen molar-refractivity contribution in [1.82, 2.24) is 0 Å². The van der Waals surface area contributed by atoms with E-state index < -0.39 is 5.41 Å². The molecule has 0 amide bonds. The van der Waals surface area contributed by atoms with E-state index in [1.54, 1.807) is 0 Å². The first-order chi connectivity index (χ1) is 33.8. The lowest BCUT2D eigenvalue weighted by Gasteiger charge is -2.35. The van der Waals surface area contributed by atoms with Crippen LogP contribution in [0.3, 0.4) is 0 Å². The Hall–Kier alpha value is -8.78. The third-order valence-corrected chi connectivity index (χ3v) is 13.8. The van der Waals surface area contributed by atoms with Crippen LogP contribution in [0.5, 0.6) is 0 Å². The van der Waals surface area contributed by atoms with Crippen LogP contribution in [0.15, 0.2) is 285 Å². The van der Waals surface area contributed by atoms with Gasteiger partial charge >= 0.3 is 0 Å². The van der Waals surface area contributed by atoms with E-state index >= 15 is 0 Å². The summed E-state index contributed by atoms with van der Waals surface area (Å²) in [6.07, 6.45) is 0. The van der Waals surface area contributed by atoms with Crippen molar-refractivity contribution < 1.29 is 0 Å². The predicted molar refractivity (Wildman–Crippen MR) is 286 cm³/mol. The van der Waals surface area contributed by atoms with E-state index in [1.807, 2.05) is 0 Å². The van der Waals surface area contributed by atoms with Crippen molar-refractivity contribution in [3.05, 3.63) is 307 Å². The minimum Gasteiger partial charge on any atom is -0.310 e. The Morgan fingerprint density at radius 3 is 1.22 bits per heavy atom. The molecule has 0 saturated carbocycles. The molecule has 12 rings (SSSR count). The Morgan fingerprint density at radius 1 is 0.235 bits per heavy atom. The van der Waals surface area contributed by atoms with Crippen LogP contribution in [-0.2, 0) is 5.41 Å². The van der Waals surface area contributed by atoms with Gasteiger partial charge in [-0.15, -0.1) is 0 Å². The first-order valence-electron chi connectivity index (χ1n) is 23.5. The quantitative estimate of drug-likeness (QED) is 0.132. The Kier molecular flexibility index (Phi) is 10.5. The zero-order valence-corrected chi connectivity index (χ0v) is 37.6. The lowest BCUT2D eigenvalue weighted by Crippen LogP contribution is -2.28. The second-order valence-electron chi connectivity index (χ2n) is 17.5. The fourth-order valence-corrected chi connectivity index (χ4v) is 10.8. The molecule has 0 unspecified atom stereocenters. The zero-order valence-electron chi connectivity index (χ0n) is 37.6. The van der Waals surface area contributed by atoms with Crippen LogP contribution in [-0.4, -0.2) is 0 Å². The molecule has 0 spiro atoms. The van der Waals surface area contributed by atoms with Crippen LogP contribution in [0.2, 0.25) is 0 Å². The summed E-state index contributed by atoms with van der Waals surface area (Å²) in [6.45, 7) is 0. The average molecular weight is 866 g/mol. The van der Waals surface area contributed by atoms with E-state index in [-0.39, 0.29) is 0 Å². The molecule has 0 saturated heterocycles. The molecule has 1 aliphatic carbocycles. The van der Waals surface area contributed by atoms with Gasteiger partial charge in [0.25, 0.3) is 0 Å². The second-order valence-corrected chi connectivity index (χ2v) is 17.5. The molecule has 0 atom stereocenters. The van der Waals surface area contributed by atoms with Crippen molar-refractivity contribution in [2.24, 2.45) is 0 Å². The van der Waals surface area contributed by atoms with Gasteiger partial charge in [0.05, 0.1) is 11.1 Å². The Bertz CT molecular complexity index is 3490. The van der Waals surface area contributed by atoms with E-state index in [1.165, 1.54) is 77.9 Å². The van der Waals surface area contributed by atoms with Gasteiger partial charge in [-0.25, -0.2) is 0 Å². The molecule has 0 radical (unpaired) electrons. The van der Waals surface area contributed by atoms with Crippen molar-refractivity contribution in [2.45, 2.75) is 5.41 Å². The molecule has 1 nitrogen and oxygen atoms in total. The highest BCUT2D eigenvalue weighted by Crippen LogP contribution is 2.57. The molecule has 68 heavy (non-hydrogen) atoms. The van der Waals surface area contributed by atoms with Gasteiger partial charge in [0, 0.05) is 16.9 Å². The Labute approximate surface area is 399 Å². The minimum atomic E-state index is -0.533. The van der Waals surface area contributed by atoms with E-state index in [2.05, 4.69) is 290 Å². The highest BCUT2D eigenvalue weighted by molar-refractivity contribution is 6.00. The summed E-state index contributed by atoms with van der Waals surface area (Å²) < 4.78 is 0.